The first kappa shape index (κ1) is 18.6. The Labute approximate surface area is 164 Å². The molecule has 1 fully saturated rings. The molecule has 148 valence electrons. The van der Waals surface area contributed by atoms with E-state index in [0.29, 0.717) is 54.6 Å². The van der Waals surface area contributed by atoms with E-state index < -0.39 is 10.0 Å². The van der Waals surface area contributed by atoms with E-state index in [2.05, 4.69) is 5.32 Å². The summed E-state index contributed by atoms with van der Waals surface area (Å²) in [5.74, 6) is 1.16. The van der Waals surface area contributed by atoms with E-state index in [1.165, 1.54) is 4.31 Å². The number of anilines is 2. The Balaban J connectivity index is 1.53. The number of amides is 1. The van der Waals surface area contributed by atoms with E-state index in [-0.39, 0.29) is 11.7 Å². The lowest BCUT2D eigenvalue weighted by molar-refractivity contribution is 0.102. The van der Waals surface area contributed by atoms with E-state index in [9.17, 15) is 13.2 Å². The van der Waals surface area contributed by atoms with Crippen LogP contribution in [0.5, 0.6) is 11.5 Å². The van der Waals surface area contributed by atoms with Gasteiger partial charge in [-0.3, -0.25) is 9.10 Å². The topological polar surface area (TPSA) is 84.9 Å². The molecule has 0 unspecified atom stereocenters. The Hall–Kier alpha value is -2.74. The van der Waals surface area contributed by atoms with Crippen molar-refractivity contribution in [2.45, 2.75) is 19.8 Å². The van der Waals surface area contributed by atoms with Gasteiger partial charge in [-0.05, 0) is 55.7 Å². The van der Waals surface area contributed by atoms with Crippen LogP contribution in [0.1, 0.15) is 28.8 Å². The van der Waals surface area contributed by atoms with Gasteiger partial charge in [0.15, 0.2) is 11.5 Å². The zero-order valence-electron chi connectivity index (χ0n) is 15.6. The average molecular weight is 402 g/mol. The molecule has 8 heteroatoms. The maximum absolute atomic E-state index is 12.6. The predicted molar refractivity (Wildman–Crippen MR) is 107 cm³/mol. The lowest BCUT2D eigenvalue weighted by atomic mass is 10.1. The molecule has 1 saturated heterocycles. The van der Waals surface area contributed by atoms with Crippen LogP contribution in [0.3, 0.4) is 0 Å². The Morgan fingerprint density at radius 3 is 2.57 bits per heavy atom. The zero-order chi connectivity index (χ0) is 19.7. The van der Waals surface area contributed by atoms with Gasteiger partial charge in [0.2, 0.25) is 10.0 Å². The molecule has 1 amide bonds. The van der Waals surface area contributed by atoms with Gasteiger partial charge in [0.05, 0.1) is 11.4 Å². The monoisotopic (exact) mass is 402 g/mol. The first-order valence-corrected chi connectivity index (χ1v) is 10.9. The SMILES string of the molecule is Cc1cc(C(=O)Nc2ccc3c(c2)OCCO3)ccc1N1CCCCS1(=O)=O. The van der Waals surface area contributed by atoms with Crippen LogP contribution in [0.4, 0.5) is 11.4 Å². The number of fused-ring (bicyclic) bond motifs is 1. The normalized spacial score (nSPS) is 17.8. The lowest BCUT2D eigenvalue weighted by Crippen LogP contribution is -2.38. The van der Waals surface area contributed by atoms with Crippen LogP contribution in [0.25, 0.3) is 0 Å². The van der Waals surface area contributed by atoms with Crippen molar-refractivity contribution in [2.24, 2.45) is 0 Å². The lowest BCUT2D eigenvalue weighted by Gasteiger charge is -2.29. The van der Waals surface area contributed by atoms with Gasteiger partial charge in [0.25, 0.3) is 5.91 Å². The summed E-state index contributed by atoms with van der Waals surface area (Å²) in [5, 5.41) is 2.84. The minimum atomic E-state index is -3.28. The first-order valence-electron chi connectivity index (χ1n) is 9.26. The highest BCUT2D eigenvalue weighted by Crippen LogP contribution is 2.33. The molecule has 4 rings (SSSR count). The number of ether oxygens (including phenoxy) is 2. The Morgan fingerprint density at radius 1 is 1.04 bits per heavy atom. The largest absolute Gasteiger partial charge is 0.486 e. The number of sulfonamides is 1. The summed E-state index contributed by atoms with van der Waals surface area (Å²) in [7, 11) is -3.28. The van der Waals surface area contributed by atoms with Crippen molar-refractivity contribution < 1.29 is 22.7 Å². The molecule has 0 aliphatic carbocycles. The van der Waals surface area contributed by atoms with Crippen LogP contribution in [-0.2, 0) is 10.0 Å². The third-order valence-electron chi connectivity index (χ3n) is 4.88. The number of benzene rings is 2. The van der Waals surface area contributed by atoms with E-state index in [1.54, 1.807) is 36.4 Å². The fraction of sp³-hybridized carbons (Fsp3) is 0.350. The highest BCUT2D eigenvalue weighted by atomic mass is 32.2. The van der Waals surface area contributed by atoms with E-state index in [1.807, 2.05) is 6.92 Å². The van der Waals surface area contributed by atoms with Crippen LogP contribution < -0.4 is 19.1 Å². The molecule has 0 aromatic heterocycles. The summed E-state index contributed by atoms with van der Waals surface area (Å²) >= 11 is 0. The molecule has 2 aromatic rings. The second-order valence-electron chi connectivity index (χ2n) is 6.91. The standard InChI is InChI=1S/C20H22N2O5S/c1-14-12-15(4-6-17(14)22-8-2-3-11-28(22,24)25)20(23)21-16-5-7-18-19(13-16)27-10-9-26-18/h4-7,12-13H,2-3,8-11H2,1H3,(H,21,23). The van der Waals surface area contributed by atoms with E-state index in [4.69, 9.17) is 9.47 Å². The van der Waals surface area contributed by atoms with Crippen LogP contribution in [0.15, 0.2) is 36.4 Å². The Morgan fingerprint density at radius 2 is 1.82 bits per heavy atom. The molecule has 0 spiro atoms. The highest BCUT2D eigenvalue weighted by molar-refractivity contribution is 7.92. The highest BCUT2D eigenvalue weighted by Gasteiger charge is 2.27. The third-order valence-corrected chi connectivity index (χ3v) is 6.73. The van der Waals surface area contributed by atoms with Gasteiger partial charge in [0, 0.05) is 23.9 Å². The Kier molecular flexibility index (Phi) is 4.89. The van der Waals surface area contributed by atoms with Crippen molar-refractivity contribution in [1.82, 2.24) is 0 Å². The molecule has 2 aliphatic rings. The maximum Gasteiger partial charge on any atom is 0.255 e. The van der Waals surface area contributed by atoms with Crippen LogP contribution in [0.2, 0.25) is 0 Å². The van der Waals surface area contributed by atoms with Crippen LogP contribution in [-0.4, -0.2) is 39.8 Å². The van der Waals surface area contributed by atoms with Crippen molar-refractivity contribution in [3.8, 4) is 11.5 Å². The van der Waals surface area contributed by atoms with E-state index in [0.717, 1.165) is 12.0 Å². The number of aryl methyl sites for hydroxylation is 1. The molecule has 0 radical (unpaired) electrons. The van der Waals surface area contributed by atoms with Gasteiger partial charge in [-0.1, -0.05) is 0 Å². The summed E-state index contributed by atoms with van der Waals surface area (Å²) in [6, 6.07) is 10.3. The van der Waals surface area contributed by atoms with Gasteiger partial charge in [-0.25, -0.2) is 8.42 Å². The third kappa shape index (κ3) is 3.64. The number of carbonyl (C=O) groups excluding carboxylic acids is 1. The molecule has 28 heavy (non-hydrogen) atoms. The van der Waals surface area contributed by atoms with E-state index >= 15 is 0 Å². The second kappa shape index (κ2) is 7.35. The first-order chi connectivity index (χ1) is 13.4. The molecule has 2 heterocycles. The summed E-state index contributed by atoms with van der Waals surface area (Å²) < 4.78 is 37.1. The fourth-order valence-electron chi connectivity index (χ4n) is 3.46. The van der Waals surface area contributed by atoms with Crippen molar-refractivity contribution in [2.75, 3.05) is 35.1 Å². The molecule has 2 aromatic carbocycles. The number of hydrogen-bond donors (Lipinski definition) is 1. The van der Waals surface area contributed by atoms with Crippen molar-refractivity contribution in [1.29, 1.82) is 0 Å². The van der Waals surface area contributed by atoms with Crippen LogP contribution in [0, 0.1) is 6.92 Å². The molecular weight excluding hydrogens is 380 g/mol. The number of nitrogens with zero attached hydrogens (tertiary/aromatic N) is 1. The van der Waals surface area contributed by atoms with Gasteiger partial charge >= 0.3 is 0 Å². The van der Waals surface area contributed by atoms with Crippen LogP contribution >= 0.6 is 0 Å². The van der Waals surface area contributed by atoms with Gasteiger partial charge in [-0.2, -0.15) is 0 Å². The minimum absolute atomic E-state index is 0.165. The number of carbonyl (C=O) groups is 1. The Bertz CT molecular complexity index is 1020. The van der Waals surface area contributed by atoms with Crippen molar-refractivity contribution in [3.05, 3.63) is 47.5 Å². The zero-order valence-corrected chi connectivity index (χ0v) is 16.4. The molecule has 0 atom stereocenters. The number of hydrogen-bond acceptors (Lipinski definition) is 5. The van der Waals surface area contributed by atoms with Gasteiger partial charge in [0.1, 0.15) is 13.2 Å². The number of rotatable bonds is 3. The summed E-state index contributed by atoms with van der Waals surface area (Å²) in [6.07, 6.45) is 1.53. The molecule has 0 bridgehead atoms. The quantitative estimate of drug-likeness (QED) is 0.853. The summed E-state index contributed by atoms with van der Waals surface area (Å²) in [4.78, 5) is 12.6. The molecule has 0 saturated carbocycles. The fourth-order valence-corrected chi connectivity index (χ4v) is 5.16. The van der Waals surface area contributed by atoms with Crippen molar-refractivity contribution in [3.63, 3.8) is 0 Å². The van der Waals surface area contributed by atoms with Crippen molar-refractivity contribution >= 4 is 27.3 Å². The number of nitrogens with one attached hydrogen (secondary N) is 1. The summed E-state index contributed by atoms with van der Waals surface area (Å²) in [5.41, 5.74) is 2.45. The molecule has 1 N–H and O–H groups in total. The second-order valence-corrected chi connectivity index (χ2v) is 8.92. The maximum atomic E-state index is 12.6. The average Bonchev–Trinajstić information content (AvgIpc) is 2.68. The molecular formula is C20H22N2O5S. The van der Waals surface area contributed by atoms with Gasteiger partial charge in [-0.15, -0.1) is 0 Å². The van der Waals surface area contributed by atoms with Gasteiger partial charge < -0.3 is 14.8 Å². The smallest absolute Gasteiger partial charge is 0.255 e. The molecule has 7 nitrogen and oxygen atoms in total. The predicted octanol–water partition coefficient (Wildman–Crippen LogP) is 2.95. The summed E-state index contributed by atoms with van der Waals surface area (Å²) in [6.45, 7) is 3.29. The minimum Gasteiger partial charge on any atom is -0.486 e. The molecule has 2 aliphatic heterocycles.